The molecule has 1 aromatic carbocycles. The Balaban J connectivity index is 2.75. The highest BCUT2D eigenvalue weighted by molar-refractivity contribution is 7.85. The third-order valence-corrected chi connectivity index (χ3v) is 4.66. The molecule has 0 fully saturated rings. The molecule has 0 saturated heterocycles. The zero-order chi connectivity index (χ0) is 15.5. The fraction of sp³-hybridized carbons (Fsp3) is 0.562. The minimum absolute atomic E-state index is 0.152. The summed E-state index contributed by atoms with van der Waals surface area (Å²) >= 11 is 0. The van der Waals surface area contributed by atoms with E-state index < -0.39 is 16.0 Å². The van der Waals surface area contributed by atoms with Crippen LogP contribution in [0.5, 0.6) is 0 Å². The maximum Gasteiger partial charge on any atom is 0.235 e. The zero-order valence-electron chi connectivity index (χ0n) is 13.2. The summed E-state index contributed by atoms with van der Waals surface area (Å²) in [5.74, 6) is 0.271. The van der Waals surface area contributed by atoms with E-state index in [2.05, 4.69) is 5.32 Å². The summed E-state index contributed by atoms with van der Waals surface area (Å²) in [4.78, 5) is 12.0. The number of carbonyl (C=O) groups excluding carboxylic acids is 1. The van der Waals surface area contributed by atoms with Crippen LogP contribution in [0.1, 0.15) is 44.4 Å². The summed E-state index contributed by atoms with van der Waals surface area (Å²) in [6.07, 6.45) is 0. The molecule has 0 spiro atoms. The van der Waals surface area contributed by atoms with Crippen LogP contribution in [0.3, 0.4) is 0 Å². The molecule has 20 heavy (non-hydrogen) atoms. The average molecular weight is 295 g/mol. The molecule has 0 radical (unpaired) electrons. The molecule has 0 aliphatic carbocycles. The molecule has 2 atom stereocenters. The molecule has 1 N–H and O–H groups in total. The number of nitrogens with one attached hydrogen (secondary N) is 1. The second kappa shape index (κ2) is 6.53. The monoisotopic (exact) mass is 295 g/mol. The van der Waals surface area contributed by atoms with Crippen molar-refractivity contribution in [1.82, 2.24) is 5.32 Å². The molecule has 3 nitrogen and oxygen atoms in total. The molecular weight excluding hydrogens is 270 g/mol. The van der Waals surface area contributed by atoms with Gasteiger partial charge in [-0.2, -0.15) is 0 Å². The lowest BCUT2D eigenvalue weighted by Gasteiger charge is -2.23. The van der Waals surface area contributed by atoms with Crippen LogP contribution in [-0.2, 0) is 21.3 Å². The molecule has 0 aromatic heterocycles. The Morgan fingerprint density at radius 1 is 1.30 bits per heavy atom. The van der Waals surface area contributed by atoms with Gasteiger partial charge >= 0.3 is 0 Å². The smallest absolute Gasteiger partial charge is 0.235 e. The third-order valence-electron chi connectivity index (χ3n) is 3.06. The maximum atomic E-state index is 12.4. The van der Waals surface area contributed by atoms with E-state index in [1.165, 1.54) is 0 Å². The van der Waals surface area contributed by atoms with E-state index in [0.717, 1.165) is 16.7 Å². The fourth-order valence-electron chi connectivity index (χ4n) is 1.82. The minimum Gasteiger partial charge on any atom is -0.350 e. The van der Waals surface area contributed by atoms with Gasteiger partial charge in [-0.3, -0.25) is 9.00 Å². The molecule has 0 heterocycles. The highest BCUT2D eigenvalue weighted by atomic mass is 32.2. The Bertz CT molecular complexity index is 518. The molecule has 4 heteroatoms. The molecule has 0 aliphatic rings. The number of carbonyl (C=O) groups is 1. The predicted octanol–water partition coefficient (Wildman–Crippen LogP) is 2.86. The normalized spacial score (nSPS) is 14.7. The first-order valence-electron chi connectivity index (χ1n) is 6.85. The van der Waals surface area contributed by atoms with Gasteiger partial charge in [0.2, 0.25) is 5.91 Å². The van der Waals surface area contributed by atoms with Crippen LogP contribution >= 0.6 is 0 Å². The number of hydrogen-bond acceptors (Lipinski definition) is 2. The van der Waals surface area contributed by atoms with Gasteiger partial charge in [-0.25, -0.2) is 0 Å². The lowest BCUT2D eigenvalue weighted by atomic mass is 10.1. The van der Waals surface area contributed by atoms with E-state index >= 15 is 0 Å². The summed E-state index contributed by atoms with van der Waals surface area (Å²) in [6, 6.07) is 6.11. The molecule has 0 bridgehead atoms. The minimum atomic E-state index is -1.21. The third kappa shape index (κ3) is 5.08. The summed E-state index contributed by atoms with van der Waals surface area (Å²) in [5, 5.41) is 2.37. The maximum absolute atomic E-state index is 12.4. The predicted molar refractivity (Wildman–Crippen MR) is 85.1 cm³/mol. The van der Waals surface area contributed by atoms with Crippen molar-refractivity contribution in [3.05, 3.63) is 34.9 Å². The Hall–Kier alpha value is -1.16. The molecule has 112 valence electrons. The number of hydrogen-bond donors (Lipinski definition) is 1. The lowest BCUT2D eigenvalue weighted by Crippen LogP contribution is -2.46. The van der Waals surface area contributed by atoms with Crippen molar-refractivity contribution < 1.29 is 9.00 Å². The van der Waals surface area contributed by atoms with E-state index in [9.17, 15) is 9.00 Å². The number of amides is 1. The summed E-state index contributed by atoms with van der Waals surface area (Å²) in [6.45, 7) is 11.5. The van der Waals surface area contributed by atoms with Gasteiger partial charge in [0, 0.05) is 22.1 Å². The van der Waals surface area contributed by atoms with E-state index in [1.807, 2.05) is 52.8 Å². The van der Waals surface area contributed by atoms with E-state index in [0.29, 0.717) is 5.75 Å². The largest absolute Gasteiger partial charge is 0.350 e. The summed E-state index contributed by atoms with van der Waals surface area (Å²) in [5.41, 5.74) is 3.02. The Morgan fingerprint density at radius 2 is 1.90 bits per heavy atom. The van der Waals surface area contributed by atoms with Gasteiger partial charge in [-0.15, -0.1) is 0 Å². The van der Waals surface area contributed by atoms with Crippen LogP contribution in [-0.4, -0.2) is 20.9 Å². The van der Waals surface area contributed by atoms with Crippen molar-refractivity contribution in [3.8, 4) is 0 Å². The SMILES string of the molecule is Cc1ccc(C)c(CS(=O)C(C)C(=O)NC(C)(C)C)c1. The van der Waals surface area contributed by atoms with Gasteiger partial charge < -0.3 is 5.32 Å². The highest BCUT2D eigenvalue weighted by Crippen LogP contribution is 2.15. The van der Waals surface area contributed by atoms with Crippen molar-refractivity contribution in [1.29, 1.82) is 0 Å². The second-order valence-electron chi connectivity index (χ2n) is 6.34. The summed E-state index contributed by atoms with van der Waals surface area (Å²) < 4.78 is 12.4. The first kappa shape index (κ1) is 16.9. The molecule has 1 aromatic rings. The standard InChI is InChI=1S/C16H25NO2S/c1-11-7-8-12(2)14(9-11)10-20(19)13(3)15(18)17-16(4,5)6/h7-9,13H,10H2,1-6H3,(H,17,18). The van der Waals surface area contributed by atoms with Gasteiger partial charge in [0.15, 0.2) is 0 Å². The number of rotatable bonds is 4. The van der Waals surface area contributed by atoms with Crippen LogP contribution in [0, 0.1) is 13.8 Å². The topological polar surface area (TPSA) is 46.2 Å². The van der Waals surface area contributed by atoms with Crippen molar-refractivity contribution in [2.45, 2.75) is 58.1 Å². The molecule has 0 aliphatic heterocycles. The Labute approximate surface area is 124 Å². The van der Waals surface area contributed by atoms with Gasteiger partial charge in [-0.1, -0.05) is 23.8 Å². The zero-order valence-corrected chi connectivity index (χ0v) is 14.1. The van der Waals surface area contributed by atoms with Crippen LogP contribution in [0.25, 0.3) is 0 Å². The van der Waals surface area contributed by atoms with E-state index in [4.69, 9.17) is 0 Å². The average Bonchev–Trinajstić information content (AvgIpc) is 2.30. The lowest BCUT2D eigenvalue weighted by molar-refractivity contribution is -0.121. The highest BCUT2D eigenvalue weighted by Gasteiger charge is 2.24. The quantitative estimate of drug-likeness (QED) is 0.928. The van der Waals surface area contributed by atoms with Crippen LogP contribution in [0.15, 0.2) is 18.2 Å². The van der Waals surface area contributed by atoms with Gasteiger partial charge in [0.25, 0.3) is 0 Å². The second-order valence-corrected chi connectivity index (χ2v) is 8.09. The molecule has 1 amide bonds. The first-order valence-corrected chi connectivity index (χ1v) is 8.23. The Morgan fingerprint density at radius 3 is 2.45 bits per heavy atom. The van der Waals surface area contributed by atoms with Crippen molar-refractivity contribution >= 4 is 16.7 Å². The number of aryl methyl sites for hydroxylation is 2. The van der Waals surface area contributed by atoms with Crippen LogP contribution in [0.4, 0.5) is 0 Å². The van der Waals surface area contributed by atoms with Crippen molar-refractivity contribution in [2.24, 2.45) is 0 Å². The fourth-order valence-corrected chi connectivity index (χ4v) is 2.99. The molecule has 1 rings (SSSR count). The molecule has 2 unspecified atom stereocenters. The van der Waals surface area contributed by atoms with Crippen molar-refractivity contribution in [2.75, 3.05) is 0 Å². The molecular formula is C16H25NO2S. The number of benzene rings is 1. The van der Waals surface area contributed by atoms with Gasteiger partial charge in [0.1, 0.15) is 5.25 Å². The molecule has 0 saturated carbocycles. The van der Waals surface area contributed by atoms with Crippen LogP contribution < -0.4 is 5.32 Å². The summed E-state index contributed by atoms with van der Waals surface area (Å²) in [7, 11) is -1.21. The van der Waals surface area contributed by atoms with Crippen LogP contribution in [0.2, 0.25) is 0 Å². The van der Waals surface area contributed by atoms with Gasteiger partial charge in [-0.05, 0) is 52.7 Å². The van der Waals surface area contributed by atoms with E-state index in [1.54, 1.807) is 6.92 Å². The van der Waals surface area contributed by atoms with Gasteiger partial charge in [0.05, 0.1) is 0 Å². The Kier molecular flexibility index (Phi) is 5.51. The first-order chi connectivity index (χ1) is 9.10. The van der Waals surface area contributed by atoms with Crippen molar-refractivity contribution in [3.63, 3.8) is 0 Å². The van der Waals surface area contributed by atoms with E-state index in [-0.39, 0.29) is 11.4 Å².